The number of pyridine rings is 1. The van der Waals surface area contributed by atoms with E-state index >= 15 is 0 Å². The van der Waals surface area contributed by atoms with Crippen molar-refractivity contribution < 1.29 is 22.5 Å². The second-order valence-corrected chi connectivity index (χ2v) is 6.74. The Bertz CT molecular complexity index is 1150. The first kappa shape index (κ1) is 18.9. The SMILES string of the molecule is O=C(Cn1ncc2c[n+](Cc3ccccc3)ccc21)c1ccc(C(F)(F)F)cc1. The number of Topliss-reactive ketones (excluding diaryl/α,β-unsaturated/α-hetero) is 1. The van der Waals surface area contributed by atoms with Gasteiger partial charge in [0.25, 0.3) is 0 Å². The van der Waals surface area contributed by atoms with Crippen molar-refractivity contribution in [3.05, 3.63) is 95.9 Å². The molecule has 4 nitrogen and oxygen atoms in total. The number of carbonyl (C=O) groups is 1. The number of alkyl halides is 3. The summed E-state index contributed by atoms with van der Waals surface area (Å²) >= 11 is 0. The van der Waals surface area contributed by atoms with Gasteiger partial charge in [-0.05, 0) is 12.1 Å². The van der Waals surface area contributed by atoms with Crippen LogP contribution in [-0.4, -0.2) is 15.6 Å². The van der Waals surface area contributed by atoms with E-state index in [0.29, 0.717) is 6.54 Å². The highest BCUT2D eigenvalue weighted by atomic mass is 19.4. The predicted octanol–water partition coefficient (Wildman–Crippen LogP) is 4.27. The smallest absolute Gasteiger partial charge is 0.292 e. The van der Waals surface area contributed by atoms with Crippen LogP contribution < -0.4 is 4.57 Å². The van der Waals surface area contributed by atoms with E-state index < -0.39 is 11.7 Å². The highest BCUT2D eigenvalue weighted by molar-refractivity contribution is 5.96. The molecule has 0 bridgehead atoms. The molecule has 0 aliphatic heterocycles. The number of ketones is 1. The minimum absolute atomic E-state index is 0.0441. The summed E-state index contributed by atoms with van der Waals surface area (Å²) in [7, 11) is 0. The molecule has 2 aromatic heterocycles. The Hall–Kier alpha value is -3.48. The third-order valence-corrected chi connectivity index (χ3v) is 4.67. The lowest BCUT2D eigenvalue weighted by Crippen LogP contribution is -2.33. The van der Waals surface area contributed by atoms with Crippen molar-refractivity contribution in [2.24, 2.45) is 0 Å². The van der Waals surface area contributed by atoms with E-state index in [-0.39, 0.29) is 17.9 Å². The molecule has 0 radical (unpaired) electrons. The number of fused-ring (bicyclic) bond motifs is 1. The molecule has 7 heteroatoms. The average molecular weight is 396 g/mol. The summed E-state index contributed by atoms with van der Waals surface area (Å²) < 4.78 is 41.6. The predicted molar refractivity (Wildman–Crippen MR) is 101 cm³/mol. The summed E-state index contributed by atoms with van der Waals surface area (Å²) in [6.45, 7) is 0.671. The number of aromatic nitrogens is 3. The Balaban J connectivity index is 1.51. The number of benzene rings is 2. The van der Waals surface area contributed by atoms with Gasteiger partial charge in [-0.15, -0.1) is 0 Å². The van der Waals surface area contributed by atoms with Crippen LogP contribution in [-0.2, 0) is 19.3 Å². The van der Waals surface area contributed by atoms with Gasteiger partial charge in [0.05, 0.1) is 22.7 Å². The minimum Gasteiger partial charge on any atom is -0.292 e. The number of carbonyl (C=O) groups excluding carboxylic acids is 1. The van der Waals surface area contributed by atoms with E-state index in [9.17, 15) is 18.0 Å². The minimum atomic E-state index is -4.42. The average Bonchev–Trinajstić information content (AvgIpc) is 3.10. The number of hydrogen-bond acceptors (Lipinski definition) is 2. The van der Waals surface area contributed by atoms with Crippen LogP contribution in [0.2, 0.25) is 0 Å². The molecule has 0 aliphatic carbocycles. The monoisotopic (exact) mass is 396 g/mol. The molecule has 146 valence electrons. The van der Waals surface area contributed by atoms with Crippen molar-refractivity contribution in [2.45, 2.75) is 19.3 Å². The van der Waals surface area contributed by atoms with Crippen LogP contribution in [0.15, 0.2) is 79.3 Å². The third kappa shape index (κ3) is 4.18. The van der Waals surface area contributed by atoms with Gasteiger partial charge in [0.1, 0.15) is 6.54 Å². The molecule has 0 saturated heterocycles. The van der Waals surface area contributed by atoms with Gasteiger partial charge >= 0.3 is 6.18 Å². The molecule has 2 aromatic carbocycles. The zero-order chi connectivity index (χ0) is 20.4. The highest BCUT2D eigenvalue weighted by Gasteiger charge is 2.30. The van der Waals surface area contributed by atoms with Crippen LogP contribution in [0.3, 0.4) is 0 Å². The van der Waals surface area contributed by atoms with E-state index in [4.69, 9.17) is 0 Å². The number of halogens is 3. The molecule has 29 heavy (non-hydrogen) atoms. The Morgan fingerprint density at radius 2 is 1.72 bits per heavy atom. The maximum atomic E-state index is 12.7. The Kier molecular flexibility index (Phi) is 4.88. The van der Waals surface area contributed by atoms with E-state index in [1.54, 1.807) is 10.9 Å². The van der Waals surface area contributed by atoms with Crippen LogP contribution in [0.5, 0.6) is 0 Å². The Morgan fingerprint density at radius 3 is 2.41 bits per heavy atom. The van der Waals surface area contributed by atoms with Crippen LogP contribution in [0.1, 0.15) is 21.5 Å². The molecule has 0 spiro atoms. The van der Waals surface area contributed by atoms with E-state index in [2.05, 4.69) is 5.10 Å². The second-order valence-electron chi connectivity index (χ2n) is 6.74. The molecule has 0 fully saturated rings. The number of nitrogens with zero attached hydrogens (tertiary/aromatic N) is 3. The molecule has 0 N–H and O–H groups in total. The van der Waals surface area contributed by atoms with Crippen molar-refractivity contribution >= 4 is 16.7 Å². The molecule has 0 unspecified atom stereocenters. The van der Waals surface area contributed by atoms with Crippen molar-refractivity contribution in [3.8, 4) is 0 Å². The quantitative estimate of drug-likeness (QED) is 0.373. The fourth-order valence-electron chi connectivity index (χ4n) is 3.17. The summed E-state index contributed by atoms with van der Waals surface area (Å²) in [6, 6.07) is 16.1. The molecule has 0 saturated carbocycles. The normalized spacial score (nSPS) is 11.7. The summed E-state index contributed by atoms with van der Waals surface area (Å²) in [6.07, 6.45) is 1.12. The molecular weight excluding hydrogens is 379 g/mol. The fourth-order valence-corrected chi connectivity index (χ4v) is 3.17. The van der Waals surface area contributed by atoms with E-state index in [1.807, 2.05) is 53.4 Å². The zero-order valence-electron chi connectivity index (χ0n) is 15.3. The Morgan fingerprint density at radius 1 is 1.00 bits per heavy atom. The van der Waals surface area contributed by atoms with Gasteiger partial charge in [0, 0.05) is 17.2 Å². The third-order valence-electron chi connectivity index (χ3n) is 4.67. The van der Waals surface area contributed by atoms with Gasteiger partial charge in [-0.25, -0.2) is 0 Å². The van der Waals surface area contributed by atoms with Crippen molar-refractivity contribution in [1.82, 2.24) is 9.78 Å². The van der Waals surface area contributed by atoms with Crippen LogP contribution in [0.4, 0.5) is 13.2 Å². The first-order valence-electron chi connectivity index (χ1n) is 8.99. The molecule has 4 aromatic rings. The lowest BCUT2D eigenvalue weighted by molar-refractivity contribution is -0.687. The van der Waals surface area contributed by atoms with E-state index in [1.165, 1.54) is 17.7 Å². The largest absolute Gasteiger partial charge is 0.416 e. The first-order valence-corrected chi connectivity index (χ1v) is 8.99. The fraction of sp³-hybridized carbons (Fsp3) is 0.136. The first-order chi connectivity index (χ1) is 13.9. The van der Waals surface area contributed by atoms with Crippen LogP contribution in [0.25, 0.3) is 10.9 Å². The molecule has 4 rings (SSSR count). The topological polar surface area (TPSA) is 38.8 Å². The Labute approximate surface area is 164 Å². The highest BCUT2D eigenvalue weighted by Crippen LogP contribution is 2.29. The van der Waals surface area contributed by atoms with Gasteiger partial charge in [0.2, 0.25) is 0 Å². The maximum absolute atomic E-state index is 12.7. The van der Waals surface area contributed by atoms with Crippen LogP contribution in [0, 0.1) is 0 Å². The molecule has 0 amide bonds. The zero-order valence-corrected chi connectivity index (χ0v) is 15.3. The van der Waals surface area contributed by atoms with Gasteiger partial charge in [-0.2, -0.15) is 22.8 Å². The standard InChI is InChI=1S/C22H17F3N3O/c23-22(24,25)19-8-6-17(7-9-19)21(29)15-28-20-10-11-27(14-18(20)12-26-28)13-16-4-2-1-3-5-16/h1-12,14H,13,15H2/q+1. The van der Waals surface area contributed by atoms with Gasteiger partial charge in [-0.3, -0.25) is 9.48 Å². The number of rotatable bonds is 5. The van der Waals surface area contributed by atoms with Crippen molar-refractivity contribution in [2.75, 3.05) is 0 Å². The van der Waals surface area contributed by atoms with Crippen LogP contribution >= 0.6 is 0 Å². The van der Waals surface area contributed by atoms with Gasteiger partial charge < -0.3 is 0 Å². The van der Waals surface area contributed by atoms with Gasteiger partial charge in [0.15, 0.2) is 24.7 Å². The molecule has 2 heterocycles. The lowest BCUT2D eigenvalue weighted by Gasteiger charge is -2.07. The summed E-state index contributed by atoms with van der Waals surface area (Å²) in [5.74, 6) is -0.301. The summed E-state index contributed by atoms with van der Waals surface area (Å²) in [5, 5.41) is 5.15. The van der Waals surface area contributed by atoms with Crippen molar-refractivity contribution in [1.29, 1.82) is 0 Å². The maximum Gasteiger partial charge on any atom is 0.416 e. The van der Waals surface area contributed by atoms with E-state index in [0.717, 1.165) is 23.0 Å². The second kappa shape index (κ2) is 7.50. The summed E-state index contributed by atoms with van der Waals surface area (Å²) in [5.41, 5.74) is 1.40. The molecular formula is C22H17F3N3O+. The van der Waals surface area contributed by atoms with Gasteiger partial charge in [-0.1, -0.05) is 42.5 Å². The number of hydrogen-bond donors (Lipinski definition) is 0. The van der Waals surface area contributed by atoms with Crippen molar-refractivity contribution in [3.63, 3.8) is 0 Å². The summed E-state index contributed by atoms with van der Waals surface area (Å²) in [4.78, 5) is 12.5. The molecule has 0 atom stereocenters. The molecule has 0 aliphatic rings. The lowest BCUT2D eigenvalue weighted by atomic mass is 10.1.